The van der Waals surface area contributed by atoms with E-state index in [1.807, 2.05) is 13.0 Å². The van der Waals surface area contributed by atoms with Crippen molar-refractivity contribution in [3.8, 4) is 34.1 Å². The van der Waals surface area contributed by atoms with E-state index < -0.39 is 0 Å². The van der Waals surface area contributed by atoms with E-state index in [0.717, 1.165) is 28.7 Å². The number of carbonyl (C=O) groups is 1. The Bertz CT molecular complexity index is 1030. The number of nitrogens with one attached hydrogen (secondary N) is 1. The second-order valence-corrected chi connectivity index (χ2v) is 7.37. The molecule has 0 heterocycles. The highest BCUT2D eigenvalue weighted by molar-refractivity contribution is 5.83. The summed E-state index contributed by atoms with van der Waals surface area (Å²) in [5, 5.41) is 3.13. The Morgan fingerprint density at radius 2 is 1.71 bits per heavy atom. The molecule has 1 amide bonds. The third-order valence-electron chi connectivity index (χ3n) is 5.53. The van der Waals surface area contributed by atoms with E-state index in [0.29, 0.717) is 36.5 Å². The number of rotatable bonds is 7. The number of aryl methyl sites for hydroxylation is 1. The van der Waals surface area contributed by atoms with E-state index in [2.05, 4.69) is 5.32 Å². The van der Waals surface area contributed by atoms with Crippen LogP contribution in [-0.2, 0) is 11.2 Å². The lowest BCUT2D eigenvalue weighted by molar-refractivity contribution is -0.121. The molecular weight excluding hydrogens is 398 g/mol. The van der Waals surface area contributed by atoms with Crippen molar-refractivity contribution in [2.75, 3.05) is 28.4 Å². The summed E-state index contributed by atoms with van der Waals surface area (Å²) >= 11 is 0. The van der Waals surface area contributed by atoms with Crippen LogP contribution in [0.25, 0.3) is 11.1 Å². The van der Waals surface area contributed by atoms with E-state index in [1.54, 1.807) is 33.5 Å². The molecule has 2 aromatic carbocycles. The van der Waals surface area contributed by atoms with Gasteiger partial charge in [0.1, 0.15) is 0 Å². The highest BCUT2D eigenvalue weighted by Gasteiger charge is 2.29. The number of benzene rings is 1. The van der Waals surface area contributed by atoms with Crippen LogP contribution in [0.1, 0.15) is 43.4 Å². The van der Waals surface area contributed by atoms with Crippen LogP contribution in [-0.4, -0.2) is 34.3 Å². The zero-order valence-corrected chi connectivity index (χ0v) is 18.7. The SMILES string of the molecule is CCCC(=O)NC1CCc2cc(OC)c(OC)c(OC)c2-c2ccc(=O)c(OC)cc21. The van der Waals surface area contributed by atoms with Crippen LogP contribution in [0, 0.1) is 0 Å². The highest BCUT2D eigenvalue weighted by atomic mass is 16.5. The Morgan fingerprint density at radius 3 is 2.32 bits per heavy atom. The number of fused-ring (bicyclic) bond motifs is 3. The molecule has 1 unspecified atom stereocenters. The molecule has 3 rings (SSSR count). The fraction of sp³-hybridized carbons (Fsp3) is 0.417. The number of methoxy groups -OCH3 is 4. The first-order valence-corrected chi connectivity index (χ1v) is 10.3. The van der Waals surface area contributed by atoms with Gasteiger partial charge >= 0.3 is 0 Å². The molecule has 2 aromatic rings. The van der Waals surface area contributed by atoms with Gasteiger partial charge in [-0.25, -0.2) is 0 Å². The Kier molecular flexibility index (Phi) is 7.05. The van der Waals surface area contributed by atoms with Crippen LogP contribution >= 0.6 is 0 Å². The van der Waals surface area contributed by atoms with Gasteiger partial charge in [-0.3, -0.25) is 9.59 Å². The van der Waals surface area contributed by atoms with Gasteiger partial charge in [0.05, 0.1) is 34.5 Å². The zero-order chi connectivity index (χ0) is 22.5. The summed E-state index contributed by atoms with van der Waals surface area (Å²) in [5.41, 5.74) is 3.15. The molecule has 31 heavy (non-hydrogen) atoms. The molecule has 1 atom stereocenters. The van der Waals surface area contributed by atoms with Gasteiger partial charge in [0, 0.05) is 12.0 Å². The number of ether oxygens (including phenoxy) is 4. The monoisotopic (exact) mass is 427 g/mol. The molecule has 0 bridgehead atoms. The van der Waals surface area contributed by atoms with Crippen molar-refractivity contribution in [2.24, 2.45) is 0 Å². The molecule has 1 N–H and O–H groups in total. The molecule has 0 fully saturated rings. The van der Waals surface area contributed by atoms with Crippen molar-refractivity contribution >= 4 is 5.91 Å². The Morgan fingerprint density at radius 1 is 1.00 bits per heavy atom. The summed E-state index contributed by atoms with van der Waals surface area (Å²) in [6.07, 6.45) is 2.51. The average molecular weight is 427 g/mol. The lowest BCUT2D eigenvalue weighted by atomic mass is 9.95. The van der Waals surface area contributed by atoms with E-state index in [-0.39, 0.29) is 23.1 Å². The molecule has 166 valence electrons. The molecule has 0 saturated carbocycles. The molecule has 0 radical (unpaired) electrons. The Hall–Kier alpha value is -3.22. The molecule has 7 heteroatoms. The van der Waals surface area contributed by atoms with Crippen molar-refractivity contribution in [3.63, 3.8) is 0 Å². The van der Waals surface area contributed by atoms with Crippen LogP contribution in [0.15, 0.2) is 29.1 Å². The summed E-state index contributed by atoms with van der Waals surface area (Å²) in [6.45, 7) is 1.96. The molecule has 1 aliphatic rings. The van der Waals surface area contributed by atoms with Gasteiger partial charge < -0.3 is 24.3 Å². The predicted molar refractivity (Wildman–Crippen MR) is 118 cm³/mol. The number of hydrogen-bond donors (Lipinski definition) is 1. The maximum atomic E-state index is 12.5. The molecule has 7 nitrogen and oxygen atoms in total. The number of hydrogen-bond acceptors (Lipinski definition) is 6. The van der Waals surface area contributed by atoms with Gasteiger partial charge in [-0.15, -0.1) is 0 Å². The van der Waals surface area contributed by atoms with Crippen LogP contribution < -0.4 is 29.7 Å². The van der Waals surface area contributed by atoms with Crippen molar-refractivity contribution in [1.82, 2.24) is 5.32 Å². The van der Waals surface area contributed by atoms with Crippen molar-refractivity contribution < 1.29 is 23.7 Å². The fourth-order valence-electron chi connectivity index (χ4n) is 4.10. The molecule has 0 spiro atoms. The minimum atomic E-state index is -0.288. The van der Waals surface area contributed by atoms with Gasteiger partial charge in [-0.2, -0.15) is 0 Å². The maximum Gasteiger partial charge on any atom is 0.220 e. The quantitative estimate of drug-likeness (QED) is 0.726. The zero-order valence-electron chi connectivity index (χ0n) is 18.7. The first kappa shape index (κ1) is 22.5. The standard InChI is InChI=1S/C24H29NO6/c1-6-7-21(27)25-17-10-8-14-12-20(29-3)23(30-4)24(31-5)22(14)15-9-11-18(26)19(28-2)13-16(15)17/h9,11-13,17H,6-8,10H2,1-5H3,(H,25,27). The van der Waals surface area contributed by atoms with Crippen LogP contribution in [0.4, 0.5) is 0 Å². The predicted octanol–water partition coefficient (Wildman–Crippen LogP) is 3.65. The number of carbonyl (C=O) groups excluding carboxylic acids is 1. The summed E-state index contributed by atoms with van der Waals surface area (Å²) in [6, 6.07) is 6.61. The molecule has 1 aliphatic carbocycles. The van der Waals surface area contributed by atoms with Gasteiger partial charge in [0.25, 0.3) is 0 Å². The summed E-state index contributed by atoms with van der Waals surface area (Å²) in [5.74, 6) is 1.76. The highest BCUT2D eigenvalue weighted by Crippen LogP contribution is 2.50. The molecule has 0 aliphatic heterocycles. The smallest absolute Gasteiger partial charge is 0.220 e. The second kappa shape index (κ2) is 9.73. The summed E-state index contributed by atoms with van der Waals surface area (Å²) in [4.78, 5) is 25.0. The maximum absolute atomic E-state index is 12.5. The van der Waals surface area contributed by atoms with Crippen LogP contribution in [0.2, 0.25) is 0 Å². The Balaban J connectivity index is 2.34. The van der Waals surface area contributed by atoms with Gasteiger partial charge in [0.2, 0.25) is 17.1 Å². The van der Waals surface area contributed by atoms with Crippen molar-refractivity contribution in [3.05, 3.63) is 45.6 Å². The third kappa shape index (κ3) is 4.31. The second-order valence-electron chi connectivity index (χ2n) is 7.37. The van der Waals surface area contributed by atoms with Gasteiger partial charge in [-0.1, -0.05) is 6.92 Å². The third-order valence-corrected chi connectivity index (χ3v) is 5.53. The van der Waals surface area contributed by atoms with E-state index in [9.17, 15) is 9.59 Å². The van der Waals surface area contributed by atoms with Gasteiger partial charge in [0.15, 0.2) is 17.2 Å². The first-order valence-electron chi connectivity index (χ1n) is 10.3. The summed E-state index contributed by atoms with van der Waals surface area (Å²) < 4.78 is 22.2. The van der Waals surface area contributed by atoms with Crippen molar-refractivity contribution in [1.29, 1.82) is 0 Å². The first-order chi connectivity index (χ1) is 15.0. The topological polar surface area (TPSA) is 83.1 Å². The van der Waals surface area contributed by atoms with E-state index in [4.69, 9.17) is 18.9 Å². The molecular formula is C24H29NO6. The number of amides is 1. The largest absolute Gasteiger partial charge is 0.493 e. The normalized spacial score (nSPS) is 14.5. The molecule has 0 saturated heterocycles. The van der Waals surface area contributed by atoms with Crippen LogP contribution in [0.5, 0.6) is 23.0 Å². The van der Waals surface area contributed by atoms with Crippen molar-refractivity contribution in [2.45, 2.75) is 38.6 Å². The average Bonchev–Trinajstić information content (AvgIpc) is 3.02. The minimum absolute atomic E-state index is 0.0284. The fourth-order valence-corrected chi connectivity index (χ4v) is 4.10. The molecule has 0 aromatic heterocycles. The van der Waals surface area contributed by atoms with Gasteiger partial charge in [-0.05, 0) is 60.2 Å². The van der Waals surface area contributed by atoms with E-state index in [1.165, 1.54) is 13.2 Å². The Labute approximate surface area is 182 Å². The lowest BCUT2D eigenvalue weighted by Gasteiger charge is -2.20. The van der Waals surface area contributed by atoms with Crippen LogP contribution in [0.3, 0.4) is 0 Å². The lowest BCUT2D eigenvalue weighted by Crippen LogP contribution is -2.28. The summed E-state index contributed by atoms with van der Waals surface area (Å²) in [7, 11) is 6.18. The van der Waals surface area contributed by atoms with E-state index >= 15 is 0 Å². The minimum Gasteiger partial charge on any atom is -0.493 e.